The van der Waals surface area contributed by atoms with Gasteiger partial charge < -0.3 is 10.6 Å². The molecule has 0 atom stereocenters. The van der Waals surface area contributed by atoms with Crippen LogP contribution in [0.4, 0.5) is 11.5 Å². The molecular weight excluding hydrogens is 304 g/mol. The summed E-state index contributed by atoms with van der Waals surface area (Å²) in [6.45, 7) is 6.59. The predicted molar refractivity (Wildman–Crippen MR) is 95.0 cm³/mol. The van der Waals surface area contributed by atoms with E-state index in [2.05, 4.69) is 22.7 Å². The van der Waals surface area contributed by atoms with E-state index in [1.54, 1.807) is 10.9 Å². The van der Waals surface area contributed by atoms with E-state index < -0.39 is 0 Å². The van der Waals surface area contributed by atoms with Gasteiger partial charge in [-0.1, -0.05) is 19.1 Å². The second-order valence-corrected chi connectivity index (χ2v) is 5.64. The van der Waals surface area contributed by atoms with Crippen LogP contribution in [0, 0.1) is 6.92 Å². The molecule has 1 heterocycles. The van der Waals surface area contributed by atoms with Gasteiger partial charge in [0.25, 0.3) is 0 Å². The van der Waals surface area contributed by atoms with Gasteiger partial charge in [-0.15, -0.1) is 0 Å². The van der Waals surface area contributed by atoms with E-state index in [4.69, 9.17) is 0 Å². The van der Waals surface area contributed by atoms with Gasteiger partial charge in [0.2, 0.25) is 11.8 Å². The lowest BCUT2D eigenvalue weighted by atomic mass is 10.1. The van der Waals surface area contributed by atoms with Gasteiger partial charge in [0.05, 0.1) is 6.20 Å². The van der Waals surface area contributed by atoms with Crippen LogP contribution in [0.15, 0.2) is 30.5 Å². The van der Waals surface area contributed by atoms with Crippen LogP contribution in [0.1, 0.15) is 37.8 Å². The Morgan fingerprint density at radius 2 is 1.83 bits per heavy atom. The maximum atomic E-state index is 12.1. The zero-order valence-corrected chi connectivity index (χ0v) is 14.4. The number of aromatic nitrogens is 2. The highest BCUT2D eigenvalue weighted by Crippen LogP contribution is 2.15. The zero-order valence-electron chi connectivity index (χ0n) is 14.4. The molecule has 0 radical (unpaired) electrons. The Hall–Kier alpha value is -2.63. The first kappa shape index (κ1) is 17.7. The number of nitrogens with zero attached hydrogens (tertiary/aromatic N) is 2. The monoisotopic (exact) mass is 328 g/mol. The Morgan fingerprint density at radius 3 is 2.50 bits per heavy atom. The first-order valence-electron chi connectivity index (χ1n) is 8.24. The van der Waals surface area contributed by atoms with Crippen molar-refractivity contribution in [2.75, 3.05) is 10.6 Å². The van der Waals surface area contributed by atoms with E-state index >= 15 is 0 Å². The Bertz CT molecular complexity index is 722. The van der Waals surface area contributed by atoms with Crippen LogP contribution in [-0.4, -0.2) is 21.6 Å². The standard InChI is InChI=1S/C18H24N4O2/c1-4-14-7-6-8-15(11-14)20-16(23)9-10-17(24)21-18-13(3)12-19-22(18)5-2/h6-8,11-12H,4-5,9-10H2,1-3H3,(H,20,23)(H,21,24). The normalized spacial score (nSPS) is 10.5. The van der Waals surface area contributed by atoms with Gasteiger partial charge in [-0.25, -0.2) is 4.68 Å². The van der Waals surface area contributed by atoms with Crippen LogP contribution in [0.5, 0.6) is 0 Å². The number of benzene rings is 1. The molecule has 0 fully saturated rings. The van der Waals surface area contributed by atoms with Crippen molar-refractivity contribution in [2.24, 2.45) is 0 Å². The van der Waals surface area contributed by atoms with Crippen molar-refractivity contribution < 1.29 is 9.59 Å². The fourth-order valence-electron chi connectivity index (χ4n) is 2.40. The number of nitrogens with one attached hydrogen (secondary N) is 2. The van der Waals surface area contributed by atoms with Crippen molar-refractivity contribution in [3.8, 4) is 0 Å². The minimum atomic E-state index is -0.189. The van der Waals surface area contributed by atoms with Gasteiger partial charge in [-0.05, 0) is 38.0 Å². The van der Waals surface area contributed by atoms with E-state index in [-0.39, 0.29) is 24.7 Å². The quantitative estimate of drug-likeness (QED) is 0.820. The Morgan fingerprint density at radius 1 is 1.12 bits per heavy atom. The SMILES string of the molecule is CCc1cccc(NC(=O)CCC(=O)Nc2c(C)cnn2CC)c1. The predicted octanol–water partition coefficient (Wildman–Crippen LogP) is 3.13. The van der Waals surface area contributed by atoms with E-state index in [1.807, 2.05) is 38.1 Å². The molecule has 2 rings (SSSR count). The van der Waals surface area contributed by atoms with Gasteiger partial charge in [0.1, 0.15) is 5.82 Å². The van der Waals surface area contributed by atoms with Crippen LogP contribution in [-0.2, 0) is 22.6 Å². The maximum Gasteiger partial charge on any atom is 0.226 e. The molecular formula is C18H24N4O2. The molecule has 1 aromatic carbocycles. The molecule has 128 valence electrons. The molecule has 0 saturated carbocycles. The van der Waals surface area contributed by atoms with Crippen LogP contribution in [0.2, 0.25) is 0 Å². The maximum absolute atomic E-state index is 12.1. The molecule has 0 aliphatic rings. The summed E-state index contributed by atoms with van der Waals surface area (Å²) >= 11 is 0. The summed E-state index contributed by atoms with van der Waals surface area (Å²) in [7, 11) is 0. The summed E-state index contributed by atoms with van der Waals surface area (Å²) in [5.74, 6) is 0.337. The lowest BCUT2D eigenvalue weighted by Crippen LogP contribution is -2.19. The molecule has 6 heteroatoms. The van der Waals surface area contributed by atoms with E-state index in [0.717, 1.165) is 23.2 Å². The molecule has 2 amide bonds. The molecule has 0 unspecified atom stereocenters. The van der Waals surface area contributed by atoms with Crippen LogP contribution in [0.3, 0.4) is 0 Å². The molecule has 2 aromatic rings. The summed E-state index contributed by atoms with van der Waals surface area (Å²) < 4.78 is 1.73. The third-order valence-corrected chi connectivity index (χ3v) is 3.78. The van der Waals surface area contributed by atoms with Crippen LogP contribution in [0.25, 0.3) is 0 Å². The van der Waals surface area contributed by atoms with Crippen molar-refractivity contribution >= 4 is 23.3 Å². The average molecular weight is 328 g/mol. The Labute approximate surface area is 142 Å². The van der Waals surface area contributed by atoms with E-state index in [9.17, 15) is 9.59 Å². The fourth-order valence-corrected chi connectivity index (χ4v) is 2.40. The largest absolute Gasteiger partial charge is 0.326 e. The number of carbonyl (C=O) groups is 2. The molecule has 0 saturated heterocycles. The minimum Gasteiger partial charge on any atom is -0.326 e. The number of amides is 2. The van der Waals surface area contributed by atoms with Crippen molar-refractivity contribution in [3.05, 3.63) is 41.6 Å². The number of hydrogen-bond donors (Lipinski definition) is 2. The zero-order chi connectivity index (χ0) is 17.5. The smallest absolute Gasteiger partial charge is 0.226 e. The summed E-state index contributed by atoms with van der Waals surface area (Å²) in [6, 6.07) is 7.72. The first-order valence-corrected chi connectivity index (χ1v) is 8.24. The molecule has 0 bridgehead atoms. The lowest BCUT2D eigenvalue weighted by Gasteiger charge is -2.09. The molecule has 0 aliphatic heterocycles. The van der Waals surface area contributed by atoms with Gasteiger partial charge in [-0.2, -0.15) is 5.10 Å². The fraction of sp³-hybridized carbons (Fsp3) is 0.389. The number of carbonyl (C=O) groups excluding carboxylic acids is 2. The Kier molecular flexibility index (Phi) is 6.12. The van der Waals surface area contributed by atoms with Crippen LogP contribution < -0.4 is 10.6 Å². The summed E-state index contributed by atoms with van der Waals surface area (Å²) in [5.41, 5.74) is 2.83. The highest BCUT2D eigenvalue weighted by Gasteiger charge is 2.12. The van der Waals surface area contributed by atoms with E-state index in [1.165, 1.54) is 0 Å². The second-order valence-electron chi connectivity index (χ2n) is 5.64. The van der Waals surface area contributed by atoms with Gasteiger partial charge >= 0.3 is 0 Å². The third-order valence-electron chi connectivity index (χ3n) is 3.78. The number of anilines is 2. The van der Waals surface area contributed by atoms with E-state index in [0.29, 0.717) is 12.4 Å². The first-order chi connectivity index (χ1) is 11.5. The number of rotatable bonds is 7. The summed E-state index contributed by atoms with van der Waals surface area (Å²) in [6.07, 6.45) is 2.90. The number of hydrogen-bond acceptors (Lipinski definition) is 3. The molecule has 2 N–H and O–H groups in total. The molecule has 0 aliphatic carbocycles. The Balaban J connectivity index is 1.84. The highest BCUT2D eigenvalue weighted by atomic mass is 16.2. The topological polar surface area (TPSA) is 76.0 Å². The third kappa shape index (κ3) is 4.68. The second kappa shape index (κ2) is 8.29. The van der Waals surface area contributed by atoms with Gasteiger partial charge in [-0.3, -0.25) is 9.59 Å². The molecule has 1 aromatic heterocycles. The van der Waals surface area contributed by atoms with Gasteiger partial charge in [0.15, 0.2) is 0 Å². The molecule has 24 heavy (non-hydrogen) atoms. The van der Waals surface area contributed by atoms with Crippen molar-refractivity contribution in [1.82, 2.24) is 9.78 Å². The van der Waals surface area contributed by atoms with Crippen molar-refractivity contribution in [2.45, 2.75) is 46.6 Å². The molecule has 6 nitrogen and oxygen atoms in total. The summed E-state index contributed by atoms with van der Waals surface area (Å²) in [4.78, 5) is 24.1. The highest BCUT2D eigenvalue weighted by molar-refractivity contribution is 5.96. The minimum absolute atomic E-state index is 0.133. The number of aryl methyl sites for hydroxylation is 3. The lowest BCUT2D eigenvalue weighted by molar-refractivity contribution is -0.121. The van der Waals surface area contributed by atoms with Gasteiger partial charge in [0, 0.05) is 30.6 Å². The summed E-state index contributed by atoms with van der Waals surface area (Å²) in [5, 5.41) is 9.83. The van der Waals surface area contributed by atoms with Crippen LogP contribution >= 0.6 is 0 Å². The molecule has 0 spiro atoms. The average Bonchev–Trinajstić information content (AvgIpc) is 2.93. The van der Waals surface area contributed by atoms with Crippen molar-refractivity contribution in [1.29, 1.82) is 0 Å². The van der Waals surface area contributed by atoms with Crippen molar-refractivity contribution in [3.63, 3.8) is 0 Å².